The van der Waals surface area contributed by atoms with Crippen molar-refractivity contribution >= 4 is 0 Å². The lowest BCUT2D eigenvalue weighted by molar-refractivity contribution is 0.282. The summed E-state index contributed by atoms with van der Waals surface area (Å²) in [7, 11) is 0. The van der Waals surface area contributed by atoms with E-state index < -0.39 is 0 Å². The molecule has 5 nitrogen and oxygen atoms in total. The first kappa shape index (κ1) is 11.1. The van der Waals surface area contributed by atoms with Gasteiger partial charge in [-0.2, -0.15) is 4.98 Å². The van der Waals surface area contributed by atoms with Crippen LogP contribution in [0.1, 0.15) is 31.0 Å². The molecule has 0 aliphatic carbocycles. The molecule has 5 heteroatoms. The first-order valence-corrected chi connectivity index (χ1v) is 4.93. The maximum absolute atomic E-state index is 8.55. The van der Waals surface area contributed by atoms with Crippen LogP contribution in [-0.4, -0.2) is 28.4 Å². The predicted molar refractivity (Wildman–Crippen MR) is 51.7 cm³/mol. The zero-order valence-corrected chi connectivity index (χ0v) is 8.49. The number of nitrogens with zero attached hydrogens (tertiary/aromatic N) is 2. The van der Waals surface area contributed by atoms with Crippen molar-refractivity contribution in [3.05, 3.63) is 11.7 Å². The van der Waals surface area contributed by atoms with Crippen LogP contribution in [-0.2, 0) is 6.54 Å². The number of nitrogens with one attached hydrogen (secondary N) is 1. The van der Waals surface area contributed by atoms with Gasteiger partial charge in [0.2, 0.25) is 5.89 Å². The Bertz CT molecular complexity index is 250. The van der Waals surface area contributed by atoms with E-state index in [1.54, 1.807) is 6.92 Å². The van der Waals surface area contributed by atoms with Gasteiger partial charge in [0.25, 0.3) is 0 Å². The normalized spacial score (nSPS) is 10.7. The summed E-state index contributed by atoms with van der Waals surface area (Å²) in [5.74, 6) is 1.30. The van der Waals surface area contributed by atoms with Crippen LogP contribution in [0, 0.1) is 6.92 Å². The van der Waals surface area contributed by atoms with Gasteiger partial charge in [0.15, 0.2) is 5.82 Å². The van der Waals surface area contributed by atoms with Gasteiger partial charge in [-0.05, 0) is 25.8 Å². The average Bonchev–Trinajstić information content (AvgIpc) is 2.58. The highest BCUT2D eigenvalue weighted by Crippen LogP contribution is 1.95. The second-order valence-corrected chi connectivity index (χ2v) is 3.19. The minimum absolute atomic E-state index is 0.282. The van der Waals surface area contributed by atoms with Gasteiger partial charge >= 0.3 is 0 Å². The summed E-state index contributed by atoms with van der Waals surface area (Å²) < 4.78 is 4.83. The third-order valence-electron chi connectivity index (χ3n) is 1.86. The maximum Gasteiger partial charge on any atom is 0.223 e. The van der Waals surface area contributed by atoms with Crippen LogP contribution in [0.3, 0.4) is 0 Å². The van der Waals surface area contributed by atoms with Crippen LogP contribution < -0.4 is 5.32 Å². The van der Waals surface area contributed by atoms with Gasteiger partial charge in [0.1, 0.15) is 0 Å². The van der Waals surface area contributed by atoms with Crippen molar-refractivity contribution in [2.24, 2.45) is 0 Å². The molecule has 0 saturated heterocycles. The largest absolute Gasteiger partial charge is 0.396 e. The molecular formula is C9H17N3O2. The molecule has 0 unspecified atom stereocenters. The minimum Gasteiger partial charge on any atom is -0.396 e. The summed E-state index contributed by atoms with van der Waals surface area (Å²) in [6.45, 7) is 3.63. The smallest absolute Gasteiger partial charge is 0.223 e. The van der Waals surface area contributed by atoms with Gasteiger partial charge in [-0.15, -0.1) is 0 Å². The first-order valence-electron chi connectivity index (χ1n) is 4.93. The van der Waals surface area contributed by atoms with E-state index in [9.17, 15) is 0 Å². The third kappa shape index (κ3) is 4.34. The number of aromatic nitrogens is 2. The van der Waals surface area contributed by atoms with Crippen LogP contribution in [0.2, 0.25) is 0 Å². The Morgan fingerprint density at radius 2 is 2.21 bits per heavy atom. The van der Waals surface area contributed by atoms with E-state index in [2.05, 4.69) is 15.5 Å². The van der Waals surface area contributed by atoms with Crippen LogP contribution >= 0.6 is 0 Å². The molecule has 0 atom stereocenters. The Morgan fingerprint density at radius 3 is 2.86 bits per heavy atom. The lowest BCUT2D eigenvalue weighted by atomic mass is 10.2. The molecule has 14 heavy (non-hydrogen) atoms. The highest BCUT2D eigenvalue weighted by Gasteiger charge is 1.99. The monoisotopic (exact) mass is 199 g/mol. The fraction of sp³-hybridized carbons (Fsp3) is 0.778. The number of rotatable bonds is 7. The molecule has 1 rings (SSSR count). The lowest BCUT2D eigenvalue weighted by Crippen LogP contribution is -2.15. The molecule has 0 radical (unpaired) electrons. The third-order valence-corrected chi connectivity index (χ3v) is 1.86. The fourth-order valence-corrected chi connectivity index (χ4v) is 1.15. The van der Waals surface area contributed by atoms with Crippen molar-refractivity contribution in [1.82, 2.24) is 15.5 Å². The molecule has 0 spiro atoms. The number of hydrogen-bond acceptors (Lipinski definition) is 5. The average molecular weight is 199 g/mol. The van der Waals surface area contributed by atoms with Gasteiger partial charge in [-0.1, -0.05) is 5.16 Å². The summed E-state index contributed by atoms with van der Waals surface area (Å²) in [6, 6.07) is 0. The molecule has 0 bridgehead atoms. The van der Waals surface area contributed by atoms with Crippen molar-refractivity contribution in [2.45, 2.75) is 32.7 Å². The predicted octanol–water partition coefficient (Wildman–Crippen LogP) is 0.630. The minimum atomic E-state index is 0.282. The molecule has 1 aromatic rings. The van der Waals surface area contributed by atoms with Crippen LogP contribution in [0.15, 0.2) is 4.52 Å². The van der Waals surface area contributed by atoms with Gasteiger partial charge in [-0.25, -0.2) is 0 Å². The van der Waals surface area contributed by atoms with Crippen molar-refractivity contribution in [1.29, 1.82) is 0 Å². The highest BCUT2D eigenvalue weighted by molar-refractivity contribution is 4.82. The van der Waals surface area contributed by atoms with Crippen LogP contribution in [0.4, 0.5) is 0 Å². The summed E-state index contributed by atoms with van der Waals surface area (Å²) in [6.07, 6.45) is 3.00. The van der Waals surface area contributed by atoms with E-state index in [-0.39, 0.29) is 6.61 Å². The van der Waals surface area contributed by atoms with E-state index in [1.807, 2.05) is 0 Å². The van der Waals surface area contributed by atoms with Crippen molar-refractivity contribution in [3.8, 4) is 0 Å². The first-order chi connectivity index (χ1) is 6.83. The summed E-state index contributed by atoms with van der Waals surface area (Å²) in [5, 5.41) is 15.5. The molecule has 0 aromatic carbocycles. The SMILES string of the molecule is Cc1nc(CNCCCCCO)no1. The Balaban J connectivity index is 1.99. The number of aliphatic hydroxyl groups is 1. The molecule has 0 aliphatic rings. The van der Waals surface area contributed by atoms with E-state index in [0.717, 1.165) is 25.8 Å². The highest BCUT2D eigenvalue weighted by atomic mass is 16.5. The van der Waals surface area contributed by atoms with E-state index in [0.29, 0.717) is 18.3 Å². The molecule has 1 aromatic heterocycles. The molecular weight excluding hydrogens is 182 g/mol. The molecule has 0 amide bonds. The van der Waals surface area contributed by atoms with Gasteiger partial charge in [0.05, 0.1) is 6.54 Å². The summed E-state index contributed by atoms with van der Waals surface area (Å²) >= 11 is 0. The second-order valence-electron chi connectivity index (χ2n) is 3.19. The summed E-state index contributed by atoms with van der Waals surface area (Å²) in [4.78, 5) is 4.06. The molecule has 0 aliphatic heterocycles. The number of unbranched alkanes of at least 4 members (excludes halogenated alkanes) is 2. The molecule has 1 heterocycles. The fourth-order valence-electron chi connectivity index (χ4n) is 1.15. The Labute approximate surface area is 83.5 Å². The van der Waals surface area contributed by atoms with Gasteiger partial charge in [-0.3, -0.25) is 0 Å². The molecule has 2 N–H and O–H groups in total. The van der Waals surface area contributed by atoms with E-state index in [4.69, 9.17) is 9.63 Å². The zero-order chi connectivity index (χ0) is 10.2. The standard InChI is InChI=1S/C9H17N3O2/c1-8-11-9(12-14-8)7-10-5-3-2-4-6-13/h10,13H,2-7H2,1H3. The summed E-state index contributed by atoms with van der Waals surface area (Å²) in [5.41, 5.74) is 0. The molecule has 80 valence electrons. The second kappa shape index (κ2) is 6.50. The quantitative estimate of drug-likeness (QED) is 0.630. The topological polar surface area (TPSA) is 71.2 Å². The molecule has 0 fully saturated rings. The number of aliphatic hydroxyl groups excluding tert-OH is 1. The number of aryl methyl sites for hydroxylation is 1. The van der Waals surface area contributed by atoms with Crippen molar-refractivity contribution in [2.75, 3.05) is 13.2 Å². The lowest BCUT2D eigenvalue weighted by Gasteiger charge is -2.00. The van der Waals surface area contributed by atoms with E-state index in [1.165, 1.54) is 0 Å². The number of hydrogen-bond donors (Lipinski definition) is 2. The van der Waals surface area contributed by atoms with Crippen LogP contribution in [0.5, 0.6) is 0 Å². The van der Waals surface area contributed by atoms with Crippen molar-refractivity contribution < 1.29 is 9.63 Å². The Hall–Kier alpha value is -0.940. The Kier molecular flexibility index (Phi) is 5.17. The maximum atomic E-state index is 8.55. The van der Waals surface area contributed by atoms with Gasteiger partial charge < -0.3 is 14.9 Å². The Morgan fingerprint density at radius 1 is 1.36 bits per heavy atom. The van der Waals surface area contributed by atoms with Gasteiger partial charge in [0, 0.05) is 13.5 Å². The zero-order valence-electron chi connectivity index (χ0n) is 8.49. The van der Waals surface area contributed by atoms with Crippen LogP contribution in [0.25, 0.3) is 0 Å². The molecule has 0 saturated carbocycles. The van der Waals surface area contributed by atoms with Crippen molar-refractivity contribution in [3.63, 3.8) is 0 Å². The van der Waals surface area contributed by atoms with E-state index >= 15 is 0 Å².